The molecule has 0 radical (unpaired) electrons. The van der Waals surface area contributed by atoms with E-state index in [0.29, 0.717) is 22.8 Å². The molecule has 2 atom stereocenters. The molecule has 0 amide bonds. The molecular formula is C11H13ClO5. The van der Waals surface area contributed by atoms with Gasteiger partial charge in [-0.1, -0.05) is 0 Å². The molecule has 0 fully saturated rings. The lowest BCUT2D eigenvalue weighted by molar-refractivity contribution is 0.0325. The van der Waals surface area contributed by atoms with Crippen LogP contribution >= 0.6 is 11.6 Å². The van der Waals surface area contributed by atoms with Gasteiger partial charge in [0.2, 0.25) is 12.5 Å². The third kappa shape index (κ3) is 2.26. The van der Waals surface area contributed by atoms with Crippen LogP contribution in [0.15, 0.2) is 12.1 Å². The van der Waals surface area contributed by atoms with Crippen LogP contribution in [0.1, 0.15) is 11.7 Å². The van der Waals surface area contributed by atoms with E-state index >= 15 is 0 Å². The molecule has 1 aromatic carbocycles. The molecule has 2 rings (SSSR count). The molecule has 1 aliphatic rings. The second kappa shape index (κ2) is 5.00. The van der Waals surface area contributed by atoms with Crippen LogP contribution in [0.25, 0.3) is 0 Å². The Morgan fingerprint density at radius 3 is 2.82 bits per heavy atom. The number of rotatable bonds is 4. The molecule has 6 heteroatoms. The minimum absolute atomic E-state index is 0.0576. The largest absolute Gasteiger partial charge is 0.493 e. The average molecular weight is 261 g/mol. The lowest BCUT2D eigenvalue weighted by atomic mass is 10.0. The van der Waals surface area contributed by atoms with Gasteiger partial charge in [0, 0.05) is 0 Å². The van der Waals surface area contributed by atoms with E-state index in [2.05, 4.69) is 0 Å². The molecule has 0 spiro atoms. The first kappa shape index (κ1) is 12.3. The highest BCUT2D eigenvalue weighted by Gasteiger charge is 2.25. The number of aliphatic hydroxyl groups is 2. The Kier molecular flexibility index (Phi) is 3.61. The van der Waals surface area contributed by atoms with E-state index in [1.807, 2.05) is 0 Å². The molecule has 5 nitrogen and oxygen atoms in total. The quantitative estimate of drug-likeness (QED) is 0.793. The first-order chi connectivity index (χ1) is 8.17. The maximum Gasteiger partial charge on any atom is 0.231 e. The second-order valence-electron chi connectivity index (χ2n) is 3.62. The Hall–Kier alpha value is -1.17. The van der Waals surface area contributed by atoms with Crippen molar-refractivity contribution in [1.29, 1.82) is 0 Å². The topological polar surface area (TPSA) is 68.2 Å². The van der Waals surface area contributed by atoms with E-state index in [0.717, 1.165) is 0 Å². The Morgan fingerprint density at radius 2 is 2.18 bits per heavy atom. The second-order valence-corrected chi connectivity index (χ2v) is 3.93. The monoisotopic (exact) mass is 260 g/mol. The van der Waals surface area contributed by atoms with Crippen molar-refractivity contribution in [1.82, 2.24) is 0 Å². The van der Waals surface area contributed by atoms with Crippen LogP contribution in [0.3, 0.4) is 0 Å². The van der Waals surface area contributed by atoms with Crippen molar-refractivity contribution in [3.8, 4) is 17.2 Å². The minimum atomic E-state index is -1.09. The van der Waals surface area contributed by atoms with Gasteiger partial charge in [-0.15, -0.1) is 11.6 Å². The summed E-state index contributed by atoms with van der Waals surface area (Å²) in [6, 6.07) is 3.19. The molecule has 2 unspecified atom stereocenters. The summed E-state index contributed by atoms with van der Waals surface area (Å²) in [4.78, 5) is 0. The van der Waals surface area contributed by atoms with Crippen molar-refractivity contribution < 1.29 is 24.4 Å². The Bertz CT molecular complexity index is 409. The van der Waals surface area contributed by atoms with Gasteiger partial charge in [-0.05, 0) is 17.7 Å². The molecule has 2 N–H and O–H groups in total. The van der Waals surface area contributed by atoms with Crippen molar-refractivity contribution in [3.05, 3.63) is 17.7 Å². The number of aliphatic hydroxyl groups excluding tert-OH is 2. The molecule has 0 saturated heterocycles. The Morgan fingerprint density at radius 1 is 1.41 bits per heavy atom. The SMILES string of the molecule is COc1cc(C(O)C(O)CCl)cc2c1OCO2. The number of halogens is 1. The van der Waals surface area contributed by atoms with Crippen molar-refractivity contribution in [2.75, 3.05) is 19.8 Å². The summed E-state index contributed by atoms with van der Waals surface area (Å²) in [6.45, 7) is 0.114. The predicted molar refractivity (Wildman–Crippen MR) is 60.8 cm³/mol. The highest BCUT2D eigenvalue weighted by molar-refractivity contribution is 6.18. The van der Waals surface area contributed by atoms with Gasteiger partial charge in [0.05, 0.1) is 19.1 Å². The highest BCUT2D eigenvalue weighted by Crippen LogP contribution is 2.43. The fourth-order valence-electron chi connectivity index (χ4n) is 1.63. The van der Waals surface area contributed by atoms with Gasteiger partial charge in [-0.25, -0.2) is 0 Å². The first-order valence-corrected chi connectivity index (χ1v) is 5.60. The van der Waals surface area contributed by atoms with E-state index in [9.17, 15) is 10.2 Å². The molecule has 1 aromatic rings. The number of hydrogen-bond acceptors (Lipinski definition) is 5. The van der Waals surface area contributed by atoms with E-state index in [1.54, 1.807) is 12.1 Å². The normalized spacial score (nSPS) is 16.7. The molecule has 1 aliphatic heterocycles. The number of fused-ring (bicyclic) bond motifs is 1. The fourth-order valence-corrected chi connectivity index (χ4v) is 1.80. The number of methoxy groups -OCH3 is 1. The molecule has 17 heavy (non-hydrogen) atoms. The van der Waals surface area contributed by atoms with Gasteiger partial charge in [-0.2, -0.15) is 0 Å². The summed E-state index contributed by atoms with van der Waals surface area (Å²) in [5.41, 5.74) is 0.472. The van der Waals surface area contributed by atoms with Gasteiger partial charge < -0.3 is 24.4 Å². The summed E-state index contributed by atoms with van der Waals surface area (Å²) in [7, 11) is 1.49. The maximum absolute atomic E-state index is 9.85. The summed E-state index contributed by atoms with van der Waals surface area (Å²) in [5.74, 6) is 1.39. The van der Waals surface area contributed by atoms with Crippen LogP contribution in [0.2, 0.25) is 0 Å². The van der Waals surface area contributed by atoms with Crippen LogP contribution in [0.4, 0.5) is 0 Å². The number of hydrogen-bond donors (Lipinski definition) is 2. The number of benzene rings is 1. The van der Waals surface area contributed by atoms with Gasteiger partial charge in [0.15, 0.2) is 11.5 Å². The van der Waals surface area contributed by atoms with Crippen molar-refractivity contribution >= 4 is 11.6 Å². The van der Waals surface area contributed by atoms with E-state index in [1.165, 1.54) is 7.11 Å². The van der Waals surface area contributed by atoms with Crippen molar-refractivity contribution in [3.63, 3.8) is 0 Å². The predicted octanol–water partition coefficient (Wildman–Crippen LogP) is 1.06. The maximum atomic E-state index is 9.85. The van der Waals surface area contributed by atoms with Gasteiger partial charge in [-0.3, -0.25) is 0 Å². The number of alkyl halides is 1. The molecule has 0 saturated carbocycles. The smallest absolute Gasteiger partial charge is 0.231 e. The zero-order chi connectivity index (χ0) is 12.4. The lowest BCUT2D eigenvalue weighted by Gasteiger charge is -2.17. The minimum Gasteiger partial charge on any atom is -0.493 e. The van der Waals surface area contributed by atoms with Gasteiger partial charge in [0.25, 0.3) is 0 Å². The van der Waals surface area contributed by atoms with Crippen LogP contribution in [0, 0.1) is 0 Å². The zero-order valence-corrected chi connectivity index (χ0v) is 9.98. The van der Waals surface area contributed by atoms with Gasteiger partial charge in [0.1, 0.15) is 6.10 Å². The third-order valence-electron chi connectivity index (χ3n) is 2.54. The zero-order valence-electron chi connectivity index (χ0n) is 9.22. The summed E-state index contributed by atoms with van der Waals surface area (Å²) < 4.78 is 15.6. The molecule has 0 aromatic heterocycles. The Labute approximate surface area is 103 Å². The third-order valence-corrected chi connectivity index (χ3v) is 2.86. The fraction of sp³-hybridized carbons (Fsp3) is 0.455. The van der Waals surface area contributed by atoms with Crippen molar-refractivity contribution in [2.45, 2.75) is 12.2 Å². The Balaban J connectivity index is 2.36. The molecular weight excluding hydrogens is 248 g/mol. The molecule has 0 aliphatic carbocycles. The molecule has 94 valence electrons. The van der Waals surface area contributed by atoms with E-state index < -0.39 is 12.2 Å². The first-order valence-electron chi connectivity index (χ1n) is 5.07. The molecule has 0 bridgehead atoms. The summed E-state index contributed by atoms with van der Waals surface area (Å²) >= 11 is 5.49. The number of ether oxygens (including phenoxy) is 3. The van der Waals surface area contributed by atoms with Gasteiger partial charge >= 0.3 is 0 Å². The van der Waals surface area contributed by atoms with Crippen LogP contribution in [-0.2, 0) is 0 Å². The van der Waals surface area contributed by atoms with E-state index in [-0.39, 0.29) is 12.7 Å². The highest BCUT2D eigenvalue weighted by atomic mass is 35.5. The molecule has 1 heterocycles. The summed E-state index contributed by atoms with van der Waals surface area (Å²) in [6.07, 6.45) is -2.13. The summed E-state index contributed by atoms with van der Waals surface area (Å²) in [5, 5.41) is 19.4. The van der Waals surface area contributed by atoms with Crippen LogP contribution in [0.5, 0.6) is 17.2 Å². The standard InChI is InChI=1S/C11H13ClO5/c1-15-8-2-6(10(14)7(13)4-12)3-9-11(8)17-5-16-9/h2-3,7,10,13-14H,4-5H2,1H3. The lowest BCUT2D eigenvalue weighted by Crippen LogP contribution is -2.19. The van der Waals surface area contributed by atoms with E-state index in [4.69, 9.17) is 25.8 Å². The van der Waals surface area contributed by atoms with Crippen LogP contribution < -0.4 is 14.2 Å². The average Bonchev–Trinajstić information content (AvgIpc) is 2.83. The van der Waals surface area contributed by atoms with Crippen molar-refractivity contribution in [2.24, 2.45) is 0 Å². The van der Waals surface area contributed by atoms with Crippen LogP contribution in [-0.4, -0.2) is 36.1 Å².